The average Bonchev–Trinajstić information content (AvgIpc) is 2.83. The van der Waals surface area contributed by atoms with Crippen molar-refractivity contribution in [1.82, 2.24) is 0 Å². The summed E-state index contributed by atoms with van der Waals surface area (Å²) in [6, 6.07) is 19.5. The Morgan fingerprint density at radius 2 is 1.48 bits per heavy atom. The van der Waals surface area contributed by atoms with Crippen LogP contribution >= 0.6 is 0 Å². The third kappa shape index (κ3) is 6.40. The molecule has 0 radical (unpaired) electrons. The number of rotatable bonds is 8. The summed E-state index contributed by atoms with van der Waals surface area (Å²) in [6.45, 7) is -0.558. The molecule has 3 aromatic rings. The number of benzene rings is 3. The van der Waals surface area contributed by atoms with Gasteiger partial charge < -0.3 is 14.8 Å². The first-order valence-electron chi connectivity index (χ1n) is 9.62. The van der Waals surface area contributed by atoms with E-state index in [1.165, 1.54) is 67.8 Å². The van der Waals surface area contributed by atoms with Gasteiger partial charge in [-0.1, -0.05) is 24.3 Å². The van der Waals surface area contributed by atoms with Crippen LogP contribution in [-0.2, 0) is 24.3 Å². The van der Waals surface area contributed by atoms with E-state index in [4.69, 9.17) is 4.74 Å². The van der Waals surface area contributed by atoms with Crippen molar-refractivity contribution in [1.29, 1.82) is 0 Å². The number of carbonyl (C=O) groups excluding carboxylic acids is 3. The molecule has 2 N–H and O–H groups in total. The molecule has 0 bridgehead atoms. The Hall–Kier alpha value is -4.18. The molecule has 1 amide bonds. The van der Waals surface area contributed by atoms with Crippen molar-refractivity contribution < 1.29 is 32.3 Å². The second-order valence-electron chi connectivity index (χ2n) is 6.69. The number of sulfonamides is 1. The number of esters is 2. The van der Waals surface area contributed by atoms with Crippen LogP contribution in [0.2, 0.25) is 0 Å². The van der Waals surface area contributed by atoms with Gasteiger partial charge in [0.25, 0.3) is 15.9 Å². The molecule has 0 aliphatic rings. The minimum absolute atomic E-state index is 0.0680. The molecule has 170 valence electrons. The van der Waals surface area contributed by atoms with E-state index in [-0.39, 0.29) is 16.1 Å². The second kappa shape index (κ2) is 10.4. The Balaban J connectivity index is 1.57. The fourth-order valence-electron chi connectivity index (χ4n) is 2.74. The SMILES string of the molecule is COC(=O)c1ccc(NC(=O)COC(=O)c2cccc(NS(=O)(=O)c3ccccc3)c2)cc1. The number of methoxy groups -OCH3 is 1. The lowest BCUT2D eigenvalue weighted by molar-refractivity contribution is -0.119. The van der Waals surface area contributed by atoms with E-state index in [1.54, 1.807) is 18.2 Å². The molecule has 0 spiro atoms. The highest BCUT2D eigenvalue weighted by atomic mass is 32.2. The standard InChI is InChI=1S/C23H20N2O7S/c1-31-22(27)16-10-12-18(13-11-16)24-21(26)15-32-23(28)17-6-5-7-19(14-17)25-33(29,30)20-8-3-2-4-9-20/h2-14,25H,15H2,1H3,(H,24,26). The number of amides is 1. The van der Waals surface area contributed by atoms with Gasteiger partial charge in [-0.2, -0.15) is 0 Å². The van der Waals surface area contributed by atoms with Gasteiger partial charge in [-0.3, -0.25) is 9.52 Å². The zero-order chi connectivity index (χ0) is 23.8. The van der Waals surface area contributed by atoms with Crippen LogP contribution in [0.5, 0.6) is 0 Å². The number of anilines is 2. The topological polar surface area (TPSA) is 128 Å². The van der Waals surface area contributed by atoms with Gasteiger partial charge in [0.05, 0.1) is 23.1 Å². The number of carbonyl (C=O) groups is 3. The van der Waals surface area contributed by atoms with Crippen molar-refractivity contribution in [3.8, 4) is 0 Å². The summed E-state index contributed by atoms with van der Waals surface area (Å²) in [6.07, 6.45) is 0. The molecule has 0 aliphatic heterocycles. The van der Waals surface area contributed by atoms with E-state index in [9.17, 15) is 22.8 Å². The molecule has 0 saturated carbocycles. The molecular weight excluding hydrogens is 448 g/mol. The maximum absolute atomic E-state index is 12.4. The second-order valence-corrected chi connectivity index (χ2v) is 8.37. The molecule has 3 rings (SSSR count). The van der Waals surface area contributed by atoms with Crippen LogP contribution in [0.3, 0.4) is 0 Å². The zero-order valence-electron chi connectivity index (χ0n) is 17.5. The predicted octanol–water partition coefficient (Wildman–Crippen LogP) is 3.07. The van der Waals surface area contributed by atoms with Crippen molar-refractivity contribution in [2.24, 2.45) is 0 Å². The van der Waals surface area contributed by atoms with Crippen LogP contribution in [0.15, 0.2) is 83.8 Å². The van der Waals surface area contributed by atoms with Crippen molar-refractivity contribution in [2.45, 2.75) is 4.90 Å². The van der Waals surface area contributed by atoms with Gasteiger partial charge in [-0.25, -0.2) is 18.0 Å². The zero-order valence-corrected chi connectivity index (χ0v) is 18.3. The highest BCUT2D eigenvalue weighted by molar-refractivity contribution is 7.92. The van der Waals surface area contributed by atoms with Crippen LogP contribution in [0.25, 0.3) is 0 Å². The maximum Gasteiger partial charge on any atom is 0.338 e. The molecular formula is C23H20N2O7S. The Kier molecular flexibility index (Phi) is 7.42. The summed E-state index contributed by atoms with van der Waals surface area (Å²) in [4.78, 5) is 35.9. The van der Waals surface area contributed by atoms with E-state index in [1.807, 2.05) is 0 Å². The first kappa shape index (κ1) is 23.5. The number of hydrogen-bond acceptors (Lipinski definition) is 7. The van der Waals surface area contributed by atoms with E-state index in [0.29, 0.717) is 11.3 Å². The smallest absolute Gasteiger partial charge is 0.338 e. The minimum atomic E-state index is -3.82. The van der Waals surface area contributed by atoms with E-state index in [0.717, 1.165) is 0 Å². The summed E-state index contributed by atoms with van der Waals surface area (Å²) in [5, 5.41) is 2.53. The Labute approximate surface area is 190 Å². The Bertz CT molecular complexity index is 1260. The molecule has 10 heteroatoms. The van der Waals surface area contributed by atoms with Gasteiger partial charge in [-0.15, -0.1) is 0 Å². The van der Waals surface area contributed by atoms with E-state index in [2.05, 4.69) is 14.8 Å². The molecule has 33 heavy (non-hydrogen) atoms. The lowest BCUT2D eigenvalue weighted by Gasteiger charge is -2.10. The normalized spacial score (nSPS) is 10.7. The summed E-state index contributed by atoms with van der Waals surface area (Å²) >= 11 is 0. The van der Waals surface area contributed by atoms with Crippen LogP contribution in [0.4, 0.5) is 11.4 Å². The van der Waals surface area contributed by atoms with Crippen molar-refractivity contribution in [3.05, 3.63) is 90.0 Å². The van der Waals surface area contributed by atoms with Crippen LogP contribution in [-0.4, -0.2) is 40.0 Å². The average molecular weight is 468 g/mol. The molecule has 0 saturated heterocycles. The van der Waals surface area contributed by atoms with Crippen molar-refractivity contribution >= 4 is 39.2 Å². The Morgan fingerprint density at radius 3 is 2.15 bits per heavy atom. The fraction of sp³-hybridized carbons (Fsp3) is 0.0870. The predicted molar refractivity (Wildman–Crippen MR) is 120 cm³/mol. The van der Waals surface area contributed by atoms with Gasteiger partial charge in [0.2, 0.25) is 0 Å². The van der Waals surface area contributed by atoms with Crippen LogP contribution < -0.4 is 10.0 Å². The van der Waals surface area contributed by atoms with Gasteiger partial charge in [0, 0.05) is 11.4 Å². The summed E-state index contributed by atoms with van der Waals surface area (Å²) in [5.74, 6) is -1.89. The summed E-state index contributed by atoms with van der Waals surface area (Å²) in [7, 11) is -2.56. The molecule has 0 fully saturated rings. The Morgan fingerprint density at radius 1 is 0.788 bits per heavy atom. The lowest BCUT2D eigenvalue weighted by Crippen LogP contribution is -2.21. The van der Waals surface area contributed by atoms with Crippen LogP contribution in [0.1, 0.15) is 20.7 Å². The van der Waals surface area contributed by atoms with E-state index >= 15 is 0 Å². The third-order valence-corrected chi connectivity index (χ3v) is 5.73. The molecule has 0 aromatic heterocycles. The first-order valence-corrected chi connectivity index (χ1v) is 11.1. The molecule has 3 aromatic carbocycles. The van der Waals surface area contributed by atoms with E-state index < -0.39 is 34.5 Å². The molecule has 9 nitrogen and oxygen atoms in total. The molecule has 0 heterocycles. The highest BCUT2D eigenvalue weighted by Crippen LogP contribution is 2.18. The monoisotopic (exact) mass is 468 g/mol. The summed E-state index contributed by atoms with van der Waals surface area (Å²) < 4.78 is 36.9. The molecule has 0 aliphatic carbocycles. The number of ether oxygens (including phenoxy) is 2. The lowest BCUT2D eigenvalue weighted by atomic mass is 10.2. The van der Waals surface area contributed by atoms with Gasteiger partial charge in [0.1, 0.15) is 0 Å². The largest absolute Gasteiger partial charge is 0.465 e. The number of nitrogens with one attached hydrogen (secondary N) is 2. The minimum Gasteiger partial charge on any atom is -0.465 e. The first-order chi connectivity index (χ1) is 15.8. The quantitative estimate of drug-likeness (QED) is 0.486. The third-order valence-electron chi connectivity index (χ3n) is 4.33. The molecule has 0 atom stereocenters. The van der Waals surface area contributed by atoms with Gasteiger partial charge >= 0.3 is 11.9 Å². The summed E-state index contributed by atoms with van der Waals surface area (Å²) in [5.41, 5.74) is 0.965. The van der Waals surface area contributed by atoms with Crippen molar-refractivity contribution in [2.75, 3.05) is 23.8 Å². The number of hydrogen-bond donors (Lipinski definition) is 2. The highest BCUT2D eigenvalue weighted by Gasteiger charge is 2.16. The van der Waals surface area contributed by atoms with Crippen molar-refractivity contribution in [3.63, 3.8) is 0 Å². The van der Waals surface area contributed by atoms with Gasteiger partial charge in [0.15, 0.2) is 6.61 Å². The maximum atomic E-state index is 12.4. The van der Waals surface area contributed by atoms with Crippen LogP contribution in [0, 0.1) is 0 Å². The molecule has 0 unspecified atom stereocenters. The van der Waals surface area contributed by atoms with Gasteiger partial charge in [-0.05, 0) is 54.6 Å². The fourth-order valence-corrected chi connectivity index (χ4v) is 3.81.